The van der Waals surface area contributed by atoms with Crippen LogP contribution in [0.15, 0.2) is 23.3 Å². The third-order valence-corrected chi connectivity index (χ3v) is 3.70. The first-order chi connectivity index (χ1) is 8.99. The van der Waals surface area contributed by atoms with E-state index in [4.69, 9.17) is 5.73 Å². The second kappa shape index (κ2) is 8.16. The molecule has 0 saturated carbocycles. The summed E-state index contributed by atoms with van der Waals surface area (Å²) in [4.78, 5) is 13.6. The lowest BCUT2D eigenvalue weighted by Gasteiger charge is -2.30. The van der Waals surface area contributed by atoms with Gasteiger partial charge < -0.3 is 5.73 Å². The molecule has 108 valence electrons. The van der Waals surface area contributed by atoms with Crippen LogP contribution in [0.4, 0.5) is 0 Å². The van der Waals surface area contributed by atoms with Crippen molar-refractivity contribution in [2.45, 2.75) is 46.5 Å². The number of hydrogen-bond donors (Lipinski definition) is 1. The van der Waals surface area contributed by atoms with E-state index in [1.165, 1.54) is 11.1 Å². The Kier molecular flexibility index (Phi) is 6.85. The van der Waals surface area contributed by atoms with Crippen molar-refractivity contribution in [3.63, 3.8) is 0 Å². The summed E-state index contributed by atoms with van der Waals surface area (Å²) in [6.07, 6.45) is 8.85. The number of rotatable bonds is 6. The highest BCUT2D eigenvalue weighted by Crippen LogP contribution is 2.16. The fraction of sp³-hybridized carbons (Fsp3) is 0.688. The van der Waals surface area contributed by atoms with Crippen molar-refractivity contribution in [3.05, 3.63) is 23.3 Å². The number of primary amides is 1. The van der Waals surface area contributed by atoms with Gasteiger partial charge in [-0.25, -0.2) is 0 Å². The Morgan fingerprint density at radius 2 is 2.05 bits per heavy atom. The summed E-state index contributed by atoms with van der Waals surface area (Å²) >= 11 is 0. The minimum absolute atomic E-state index is 0.0492. The fourth-order valence-corrected chi connectivity index (χ4v) is 2.43. The molecule has 0 unspecified atom stereocenters. The predicted molar refractivity (Wildman–Crippen MR) is 80.8 cm³/mol. The topological polar surface area (TPSA) is 46.3 Å². The van der Waals surface area contributed by atoms with Crippen LogP contribution >= 0.6 is 0 Å². The van der Waals surface area contributed by atoms with Crippen LogP contribution in [0.2, 0.25) is 0 Å². The van der Waals surface area contributed by atoms with Gasteiger partial charge in [-0.1, -0.05) is 23.3 Å². The van der Waals surface area contributed by atoms with Crippen LogP contribution in [0.3, 0.4) is 0 Å². The van der Waals surface area contributed by atoms with Gasteiger partial charge in [0.2, 0.25) is 5.91 Å². The lowest BCUT2D eigenvalue weighted by atomic mass is 9.97. The quantitative estimate of drug-likeness (QED) is 0.750. The molecule has 19 heavy (non-hydrogen) atoms. The van der Waals surface area contributed by atoms with Gasteiger partial charge in [-0.05, 0) is 53.0 Å². The van der Waals surface area contributed by atoms with Crippen molar-refractivity contribution in [2.24, 2.45) is 11.7 Å². The van der Waals surface area contributed by atoms with E-state index in [2.05, 4.69) is 37.8 Å². The van der Waals surface area contributed by atoms with E-state index in [9.17, 15) is 4.79 Å². The van der Waals surface area contributed by atoms with Crippen LogP contribution in [0.25, 0.3) is 0 Å². The summed E-state index contributed by atoms with van der Waals surface area (Å²) in [6.45, 7) is 9.32. The van der Waals surface area contributed by atoms with Gasteiger partial charge in [0.15, 0.2) is 0 Å². The van der Waals surface area contributed by atoms with E-state index >= 15 is 0 Å². The summed E-state index contributed by atoms with van der Waals surface area (Å²) in [5, 5.41) is 0. The molecule has 0 aromatic heterocycles. The minimum atomic E-state index is -0.144. The Balaban J connectivity index is 2.34. The number of nitrogens with zero attached hydrogens (tertiary/aromatic N) is 1. The number of nitrogens with two attached hydrogens (primary N) is 1. The van der Waals surface area contributed by atoms with Crippen LogP contribution in [-0.4, -0.2) is 30.4 Å². The zero-order valence-corrected chi connectivity index (χ0v) is 12.6. The molecule has 0 spiro atoms. The number of amides is 1. The molecule has 3 heteroatoms. The van der Waals surface area contributed by atoms with E-state index in [1.807, 2.05) is 0 Å². The molecule has 1 amide bonds. The van der Waals surface area contributed by atoms with Crippen LogP contribution in [-0.2, 0) is 4.79 Å². The summed E-state index contributed by atoms with van der Waals surface area (Å²) < 4.78 is 0. The molecule has 1 aliphatic rings. The maximum absolute atomic E-state index is 11.2. The zero-order valence-electron chi connectivity index (χ0n) is 12.6. The highest BCUT2D eigenvalue weighted by Gasteiger charge is 2.22. The van der Waals surface area contributed by atoms with Crippen molar-refractivity contribution in [1.29, 1.82) is 0 Å². The molecule has 1 rings (SSSR count). The smallest absolute Gasteiger partial charge is 0.221 e. The van der Waals surface area contributed by atoms with Gasteiger partial charge >= 0.3 is 0 Å². The average molecular weight is 264 g/mol. The molecular formula is C16H28N2O. The highest BCUT2D eigenvalue weighted by molar-refractivity contribution is 5.76. The van der Waals surface area contributed by atoms with Gasteiger partial charge in [-0.3, -0.25) is 9.69 Å². The molecule has 1 fully saturated rings. The largest absolute Gasteiger partial charge is 0.369 e. The molecule has 0 aromatic carbocycles. The Labute approximate surface area is 117 Å². The SMILES string of the molecule is CC(C)=CCC/C(C)=C/CN1CCC[C@@H](C(N)=O)C1. The normalized spacial score (nSPS) is 21.2. The monoisotopic (exact) mass is 264 g/mol. The first-order valence-corrected chi connectivity index (χ1v) is 7.29. The first kappa shape index (κ1) is 16.0. The predicted octanol–water partition coefficient (Wildman–Crippen LogP) is 2.88. The molecule has 1 saturated heterocycles. The molecule has 1 heterocycles. The lowest BCUT2D eigenvalue weighted by Crippen LogP contribution is -2.41. The van der Waals surface area contributed by atoms with Crippen LogP contribution in [0, 0.1) is 5.92 Å². The van der Waals surface area contributed by atoms with E-state index in [1.54, 1.807) is 0 Å². The van der Waals surface area contributed by atoms with Crippen LogP contribution < -0.4 is 5.73 Å². The first-order valence-electron chi connectivity index (χ1n) is 7.29. The number of allylic oxidation sites excluding steroid dienone is 3. The summed E-state index contributed by atoms with van der Waals surface area (Å²) in [7, 11) is 0. The van der Waals surface area contributed by atoms with Crippen molar-refractivity contribution >= 4 is 5.91 Å². The fourth-order valence-electron chi connectivity index (χ4n) is 2.43. The van der Waals surface area contributed by atoms with Crippen molar-refractivity contribution in [3.8, 4) is 0 Å². The molecule has 3 nitrogen and oxygen atoms in total. The van der Waals surface area contributed by atoms with Gasteiger partial charge in [0.1, 0.15) is 0 Å². The van der Waals surface area contributed by atoms with E-state index in [0.717, 1.165) is 45.3 Å². The molecule has 2 N–H and O–H groups in total. The number of carbonyl (C=O) groups is 1. The van der Waals surface area contributed by atoms with Gasteiger partial charge in [-0.15, -0.1) is 0 Å². The standard InChI is InChI=1S/C16H28N2O/c1-13(2)6-4-7-14(3)9-11-18-10-5-8-15(12-18)16(17)19/h6,9,15H,4-5,7-8,10-12H2,1-3H3,(H2,17,19)/b14-9+/t15-/m1/s1. The number of likely N-dealkylation sites (tertiary alicyclic amines) is 1. The summed E-state index contributed by atoms with van der Waals surface area (Å²) in [6, 6.07) is 0. The van der Waals surface area contributed by atoms with Crippen molar-refractivity contribution in [1.82, 2.24) is 4.90 Å². The van der Waals surface area contributed by atoms with Crippen LogP contribution in [0.5, 0.6) is 0 Å². The molecule has 0 aliphatic carbocycles. The molecule has 0 bridgehead atoms. The second-order valence-corrected chi connectivity index (χ2v) is 5.87. The van der Waals surface area contributed by atoms with Crippen molar-refractivity contribution in [2.75, 3.05) is 19.6 Å². The number of hydrogen-bond acceptors (Lipinski definition) is 2. The molecular weight excluding hydrogens is 236 g/mol. The maximum Gasteiger partial charge on any atom is 0.221 e. The van der Waals surface area contributed by atoms with Crippen molar-refractivity contribution < 1.29 is 4.79 Å². The number of piperidine rings is 1. The van der Waals surface area contributed by atoms with Gasteiger partial charge in [-0.2, -0.15) is 0 Å². The van der Waals surface area contributed by atoms with E-state index in [-0.39, 0.29) is 11.8 Å². The third kappa shape index (κ3) is 6.58. The van der Waals surface area contributed by atoms with Gasteiger partial charge in [0, 0.05) is 13.1 Å². The van der Waals surface area contributed by atoms with E-state index in [0.29, 0.717) is 0 Å². The highest BCUT2D eigenvalue weighted by atomic mass is 16.1. The van der Waals surface area contributed by atoms with Gasteiger partial charge in [0.05, 0.1) is 5.92 Å². The minimum Gasteiger partial charge on any atom is -0.369 e. The van der Waals surface area contributed by atoms with Crippen LogP contribution in [0.1, 0.15) is 46.5 Å². The molecule has 1 aliphatic heterocycles. The Hall–Kier alpha value is -1.09. The summed E-state index contributed by atoms with van der Waals surface area (Å²) in [5.74, 6) is -0.0953. The zero-order chi connectivity index (χ0) is 14.3. The Morgan fingerprint density at radius 3 is 2.68 bits per heavy atom. The lowest BCUT2D eigenvalue weighted by molar-refractivity contribution is -0.123. The van der Waals surface area contributed by atoms with Gasteiger partial charge in [0.25, 0.3) is 0 Å². The maximum atomic E-state index is 11.2. The average Bonchev–Trinajstić information content (AvgIpc) is 2.36. The molecule has 1 atom stereocenters. The third-order valence-electron chi connectivity index (χ3n) is 3.70. The van der Waals surface area contributed by atoms with E-state index < -0.39 is 0 Å². The molecule has 0 aromatic rings. The Morgan fingerprint density at radius 1 is 1.32 bits per heavy atom. The number of carbonyl (C=O) groups excluding carboxylic acids is 1. The second-order valence-electron chi connectivity index (χ2n) is 5.87. The Bertz CT molecular complexity index is 354. The summed E-state index contributed by atoms with van der Waals surface area (Å²) in [5.41, 5.74) is 8.20. The molecule has 0 radical (unpaired) electrons.